The van der Waals surface area contributed by atoms with Gasteiger partial charge in [0, 0.05) is 16.6 Å². The molecule has 0 aliphatic heterocycles. The number of benzene rings is 2. The summed E-state index contributed by atoms with van der Waals surface area (Å²) in [6.45, 7) is 7.10. The van der Waals surface area contributed by atoms with Crippen LogP contribution in [-0.2, 0) is 10.0 Å². The monoisotopic (exact) mass is 415 g/mol. The highest BCUT2D eigenvalue weighted by Gasteiger charge is 2.22. The van der Waals surface area contributed by atoms with E-state index in [-0.39, 0.29) is 10.9 Å². The predicted molar refractivity (Wildman–Crippen MR) is 113 cm³/mol. The van der Waals surface area contributed by atoms with Crippen LogP contribution in [0.5, 0.6) is 0 Å². The van der Waals surface area contributed by atoms with Crippen LogP contribution in [0.3, 0.4) is 0 Å². The lowest BCUT2D eigenvalue weighted by atomic mass is 10.1. The number of anilines is 1. The van der Waals surface area contributed by atoms with Crippen molar-refractivity contribution in [3.63, 3.8) is 0 Å². The molecule has 1 unspecified atom stereocenters. The molecule has 0 saturated carbocycles. The van der Waals surface area contributed by atoms with E-state index in [0.717, 1.165) is 11.0 Å². The third-order valence-corrected chi connectivity index (χ3v) is 5.82. The van der Waals surface area contributed by atoms with Crippen LogP contribution in [0.1, 0.15) is 39.5 Å². The van der Waals surface area contributed by atoms with E-state index in [4.69, 9.17) is 4.42 Å². The van der Waals surface area contributed by atoms with Gasteiger partial charge in [0.1, 0.15) is 11.3 Å². The van der Waals surface area contributed by atoms with Crippen molar-refractivity contribution >= 4 is 32.7 Å². The van der Waals surface area contributed by atoms with Gasteiger partial charge in [-0.2, -0.15) is 0 Å². The first-order valence-corrected chi connectivity index (χ1v) is 10.7. The van der Waals surface area contributed by atoms with Crippen LogP contribution in [0.2, 0.25) is 0 Å². The molecule has 2 aromatic carbocycles. The molecule has 0 radical (unpaired) electrons. The Morgan fingerprint density at radius 1 is 1.03 bits per heavy atom. The maximum Gasteiger partial charge on any atom is 0.319 e. The Bertz CT molecular complexity index is 1100. The number of hydrogen-bond donors (Lipinski definition) is 3. The molecule has 1 heterocycles. The molecular weight excluding hydrogens is 390 g/mol. The number of fused-ring (bicyclic) bond motifs is 1. The van der Waals surface area contributed by atoms with Crippen LogP contribution in [0, 0.1) is 0 Å². The molecule has 0 fully saturated rings. The molecule has 0 saturated heterocycles. The van der Waals surface area contributed by atoms with Crippen LogP contribution < -0.4 is 15.4 Å². The molecule has 0 bridgehead atoms. The fourth-order valence-electron chi connectivity index (χ4n) is 2.85. The third kappa shape index (κ3) is 5.36. The number of hydrogen-bond acceptors (Lipinski definition) is 4. The number of urea groups is 1. The molecule has 8 heteroatoms. The summed E-state index contributed by atoms with van der Waals surface area (Å²) in [5.74, 6) is 0.632. The van der Waals surface area contributed by atoms with E-state index in [1.54, 1.807) is 32.9 Å². The summed E-state index contributed by atoms with van der Waals surface area (Å²) in [5, 5.41) is 6.42. The van der Waals surface area contributed by atoms with E-state index in [9.17, 15) is 13.2 Å². The fraction of sp³-hybridized carbons (Fsp3) is 0.286. The number of amides is 2. The molecule has 3 rings (SSSR count). The van der Waals surface area contributed by atoms with Crippen LogP contribution in [-0.4, -0.2) is 20.0 Å². The number of nitrogens with one attached hydrogen (secondary N) is 3. The Balaban J connectivity index is 1.69. The highest BCUT2D eigenvalue weighted by molar-refractivity contribution is 7.89. The van der Waals surface area contributed by atoms with E-state index < -0.39 is 21.6 Å². The first-order chi connectivity index (χ1) is 13.5. The average Bonchev–Trinajstić information content (AvgIpc) is 3.04. The number of carbonyl (C=O) groups is 1. The Hall–Kier alpha value is -2.84. The van der Waals surface area contributed by atoms with E-state index in [1.807, 2.05) is 37.3 Å². The van der Waals surface area contributed by atoms with E-state index in [2.05, 4.69) is 15.4 Å². The van der Waals surface area contributed by atoms with Crippen LogP contribution >= 0.6 is 0 Å². The summed E-state index contributed by atoms with van der Waals surface area (Å²) in [5.41, 5.74) is 0.513. The maximum absolute atomic E-state index is 12.5. The number of furan rings is 1. The smallest absolute Gasteiger partial charge is 0.319 e. The Morgan fingerprint density at radius 3 is 2.45 bits per heavy atom. The highest BCUT2D eigenvalue weighted by atomic mass is 32.2. The van der Waals surface area contributed by atoms with Gasteiger partial charge in [0.25, 0.3) is 0 Å². The molecule has 1 aromatic heterocycles. The molecule has 7 nitrogen and oxygen atoms in total. The molecule has 29 heavy (non-hydrogen) atoms. The fourth-order valence-corrected chi connectivity index (χ4v) is 4.32. The van der Waals surface area contributed by atoms with Gasteiger partial charge in [0.05, 0.1) is 10.9 Å². The summed E-state index contributed by atoms with van der Waals surface area (Å²) in [4.78, 5) is 12.5. The summed E-state index contributed by atoms with van der Waals surface area (Å²) in [7, 11) is -3.69. The van der Waals surface area contributed by atoms with Crippen molar-refractivity contribution in [2.75, 3.05) is 5.32 Å². The molecular formula is C21H25N3O4S. The van der Waals surface area contributed by atoms with Crippen molar-refractivity contribution in [3.8, 4) is 0 Å². The van der Waals surface area contributed by atoms with Crippen molar-refractivity contribution < 1.29 is 17.6 Å². The molecule has 0 aliphatic rings. The van der Waals surface area contributed by atoms with Gasteiger partial charge in [-0.3, -0.25) is 0 Å². The molecule has 2 amide bonds. The molecule has 1 atom stereocenters. The number of sulfonamides is 1. The van der Waals surface area contributed by atoms with Gasteiger partial charge < -0.3 is 15.1 Å². The lowest BCUT2D eigenvalue weighted by Crippen LogP contribution is -2.40. The van der Waals surface area contributed by atoms with E-state index in [0.29, 0.717) is 11.4 Å². The van der Waals surface area contributed by atoms with E-state index in [1.165, 1.54) is 12.1 Å². The molecule has 154 valence electrons. The normalized spacial score (nSPS) is 13.2. The minimum atomic E-state index is -3.69. The minimum absolute atomic E-state index is 0.0792. The van der Waals surface area contributed by atoms with Crippen LogP contribution in [0.25, 0.3) is 11.0 Å². The summed E-state index contributed by atoms with van der Waals surface area (Å²) in [6.07, 6.45) is 0. The number of para-hydroxylation sites is 1. The second-order valence-electron chi connectivity index (χ2n) is 7.89. The molecule has 3 aromatic rings. The second kappa shape index (κ2) is 7.88. The standard InChI is InChI=1S/C21H25N3O4S/c1-14(19-12-15-8-5-6-11-18(15)28-19)22-20(25)23-16-9-7-10-17(13-16)29(26,27)24-21(2,3)4/h5-14,24H,1-4H3,(H2,22,23,25). The Labute approximate surface area is 170 Å². The van der Waals surface area contributed by atoms with Gasteiger partial charge in [0.15, 0.2) is 0 Å². The van der Waals surface area contributed by atoms with Crippen molar-refractivity contribution in [2.24, 2.45) is 0 Å². The van der Waals surface area contributed by atoms with Gasteiger partial charge in [-0.1, -0.05) is 24.3 Å². The quantitative estimate of drug-likeness (QED) is 0.575. The van der Waals surface area contributed by atoms with Gasteiger partial charge in [-0.25, -0.2) is 17.9 Å². The van der Waals surface area contributed by atoms with Gasteiger partial charge in [-0.05, 0) is 58.0 Å². The van der Waals surface area contributed by atoms with Crippen molar-refractivity contribution in [1.82, 2.24) is 10.0 Å². The highest BCUT2D eigenvalue weighted by Crippen LogP contribution is 2.24. The Morgan fingerprint density at radius 2 is 1.76 bits per heavy atom. The van der Waals surface area contributed by atoms with Crippen molar-refractivity contribution in [3.05, 3.63) is 60.4 Å². The van der Waals surface area contributed by atoms with Gasteiger partial charge in [0.2, 0.25) is 10.0 Å². The summed E-state index contributed by atoms with van der Waals surface area (Å²) in [6, 6.07) is 14.8. The third-order valence-electron chi connectivity index (χ3n) is 4.06. The summed E-state index contributed by atoms with van der Waals surface area (Å²) >= 11 is 0. The first-order valence-electron chi connectivity index (χ1n) is 9.23. The van der Waals surface area contributed by atoms with Crippen molar-refractivity contribution in [2.45, 2.75) is 44.2 Å². The molecule has 0 aliphatic carbocycles. The predicted octanol–water partition coefficient (Wildman–Crippen LogP) is 4.39. The SMILES string of the molecule is CC(NC(=O)Nc1cccc(S(=O)(=O)NC(C)(C)C)c1)c1cc2ccccc2o1. The minimum Gasteiger partial charge on any atom is -0.459 e. The lowest BCUT2D eigenvalue weighted by molar-refractivity contribution is 0.248. The van der Waals surface area contributed by atoms with Gasteiger partial charge in [-0.15, -0.1) is 0 Å². The van der Waals surface area contributed by atoms with Crippen molar-refractivity contribution in [1.29, 1.82) is 0 Å². The zero-order valence-corrected chi connectivity index (χ0v) is 17.6. The van der Waals surface area contributed by atoms with Crippen LogP contribution in [0.15, 0.2) is 63.9 Å². The average molecular weight is 416 g/mol. The number of rotatable bonds is 5. The number of carbonyl (C=O) groups excluding carboxylic acids is 1. The van der Waals surface area contributed by atoms with E-state index >= 15 is 0 Å². The largest absolute Gasteiger partial charge is 0.459 e. The Kier molecular flexibility index (Phi) is 5.68. The second-order valence-corrected chi connectivity index (χ2v) is 9.57. The van der Waals surface area contributed by atoms with Crippen LogP contribution in [0.4, 0.5) is 10.5 Å². The first kappa shape index (κ1) is 20.9. The molecule has 3 N–H and O–H groups in total. The maximum atomic E-state index is 12.5. The summed E-state index contributed by atoms with van der Waals surface area (Å²) < 4.78 is 33.3. The lowest BCUT2D eigenvalue weighted by Gasteiger charge is -2.20. The van der Waals surface area contributed by atoms with Gasteiger partial charge >= 0.3 is 6.03 Å². The zero-order valence-electron chi connectivity index (χ0n) is 16.8. The zero-order chi connectivity index (χ0) is 21.2. The molecule has 0 spiro atoms. The topological polar surface area (TPSA) is 100 Å².